The normalized spacial score (nSPS) is 13.8. The smallest absolute Gasteiger partial charge is 0.273 e. The Balaban J connectivity index is 1.29. The maximum absolute atomic E-state index is 13.3. The number of anilines is 2. The van der Waals surface area contributed by atoms with Crippen molar-refractivity contribution in [3.8, 4) is 5.69 Å². The quantitative estimate of drug-likeness (QED) is 0.202. The number of amides is 2. The molecule has 1 aliphatic rings. The second-order valence-electron chi connectivity index (χ2n) is 10.8. The van der Waals surface area contributed by atoms with E-state index >= 15 is 0 Å². The topological polar surface area (TPSA) is 92.2 Å². The minimum atomic E-state index is -0.397. The molecular weight excluding hydrogens is 616 g/mol. The van der Waals surface area contributed by atoms with Gasteiger partial charge in [0.05, 0.1) is 20.7 Å². The summed E-state index contributed by atoms with van der Waals surface area (Å²) in [6, 6.07) is 18.8. The molecule has 0 saturated carbocycles. The van der Waals surface area contributed by atoms with Crippen LogP contribution in [0.25, 0.3) is 5.69 Å². The van der Waals surface area contributed by atoms with Gasteiger partial charge in [0.1, 0.15) is 0 Å². The van der Waals surface area contributed by atoms with Crippen molar-refractivity contribution in [2.45, 2.75) is 39.0 Å². The minimum Gasteiger partial charge on any atom is -0.371 e. The first kappa shape index (κ1) is 29.8. The molecule has 2 aromatic carbocycles. The summed E-state index contributed by atoms with van der Waals surface area (Å²) < 4.78 is 1.98. The second kappa shape index (κ2) is 13.5. The van der Waals surface area contributed by atoms with Crippen molar-refractivity contribution in [2.24, 2.45) is 5.92 Å². The molecular formula is C32H34BrClN6O2. The molecule has 218 valence electrons. The fourth-order valence-electron chi connectivity index (χ4n) is 5.17. The Morgan fingerprint density at radius 1 is 0.976 bits per heavy atom. The third-order valence-electron chi connectivity index (χ3n) is 7.68. The van der Waals surface area contributed by atoms with Crippen molar-refractivity contribution in [1.82, 2.24) is 20.1 Å². The van der Waals surface area contributed by atoms with E-state index in [4.69, 9.17) is 11.6 Å². The van der Waals surface area contributed by atoms with Crippen molar-refractivity contribution < 1.29 is 9.59 Å². The number of nitrogens with zero attached hydrogens (tertiary/aromatic N) is 4. The number of hydrogen-bond donors (Lipinski definition) is 2. The highest BCUT2D eigenvalue weighted by molar-refractivity contribution is 9.10. The summed E-state index contributed by atoms with van der Waals surface area (Å²) in [6.45, 7) is 6.77. The van der Waals surface area contributed by atoms with Gasteiger partial charge in [0.15, 0.2) is 11.5 Å². The summed E-state index contributed by atoms with van der Waals surface area (Å²) in [7, 11) is 0. The molecule has 10 heteroatoms. The highest BCUT2D eigenvalue weighted by Gasteiger charge is 2.25. The van der Waals surface area contributed by atoms with Gasteiger partial charge >= 0.3 is 0 Å². The SMILES string of the molecule is CC(C)c1ccc(-n2nc(C(=O)NCCC3CCN(c4ccncc4)CC3)c(Br)c2NC(=O)c2ccccc2Cl)cc1. The summed E-state index contributed by atoms with van der Waals surface area (Å²) in [4.78, 5) is 33.0. The van der Waals surface area contributed by atoms with E-state index in [-0.39, 0.29) is 11.6 Å². The van der Waals surface area contributed by atoms with Gasteiger partial charge in [-0.1, -0.05) is 49.7 Å². The molecule has 0 bridgehead atoms. The van der Waals surface area contributed by atoms with Gasteiger partial charge in [-0.15, -0.1) is 0 Å². The highest BCUT2D eigenvalue weighted by Crippen LogP contribution is 2.31. The number of hydrogen-bond acceptors (Lipinski definition) is 5. The lowest BCUT2D eigenvalue weighted by atomic mass is 9.93. The molecule has 0 radical (unpaired) electrons. The van der Waals surface area contributed by atoms with Gasteiger partial charge in [-0.25, -0.2) is 4.68 Å². The second-order valence-corrected chi connectivity index (χ2v) is 12.0. The van der Waals surface area contributed by atoms with Crippen LogP contribution in [0.4, 0.5) is 11.5 Å². The Morgan fingerprint density at radius 3 is 2.33 bits per heavy atom. The number of nitrogens with one attached hydrogen (secondary N) is 2. The van der Waals surface area contributed by atoms with E-state index < -0.39 is 5.91 Å². The largest absolute Gasteiger partial charge is 0.371 e. The van der Waals surface area contributed by atoms with E-state index in [1.165, 1.54) is 11.3 Å². The van der Waals surface area contributed by atoms with Crippen LogP contribution in [0.2, 0.25) is 5.02 Å². The molecule has 1 fully saturated rings. The van der Waals surface area contributed by atoms with E-state index in [1.54, 1.807) is 28.9 Å². The van der Waals surface area contributed by atoms with Gasteiger partial charge in [-0.05, 0) is 89.0 Å². The molecule has 8 nitrogen and oxygen atoms in total. The predicted octanol–water partition coefficient (Wildman–Crippen LogP) is 7.10. The number of pyridine rings is 1. The van der Waals surface area contributed by atoms with Crippen LogP contribution >= 0.6 is 27.5 Å². The van der Waals surface area contributed by atoms with Gasteiger partial charge in [0, 0.05) is 37.7 Å². The number of benzene rings is 2. The molecule has 1 aliphatic heterocycles. The van der Waals surface area contributed by atoms with Crippen LogP contribution in [0, 0.1) is 5.92 Å². The fourth-order valence-corrected chi connectivity index (χ4v) is 5.92. The molecule has 0 unspecified atom stereocenters. The number of halogens is 2. The van der Waals surface area contributed by atoms with Crippen molar-refractivity contribution >= 4 is 50.9 Å². The molecule has 4 aromatic rings. The van der Waals surface area contributed by atoms with Crippen LogP contribution < -0.4 is 15.5 Å². The number of carbonyl (C=O) groups is 2. The van der Waals surface area contributed by atoms with E-state index in [1.807, 2.05) is 48.8 Å². The Morgan fingerprint density at radius 2 is 1.67 bits per heavy atom. The molecule has 3 heterocycles. The molecule has 0 aliphatic carbocycles. The minimum absolute atomic E-state index is 0.199. The number of rotatable bonds is 9. The molecule has 42 heavy (non-hydrogen) atoms. The first-order valence-electron chi connectivity index (χ1n) is 14.2. The maximum Gasteiger partial charge on any atom is 0.273 e. The van der Waals surface area contributed by atoms with Gasteiger partial charge in [-0.2, -0.15) is 5.10 Å². The summed E-state index contributed by atoms with van der Waals surface area (Å²) in [5.41, 5.74) is 3.62. The van der Waals surface area contributed by atoms with E-state index in [2.05, 4.69) is 55.4 Å². The average Bonchev–Trinajstić information content (AvgIpc) is 3.33. The first-order chi connectivity index (χ1) is 20.3. The molecule has 0 atom stereocenters. The van der Waals surface area contributed by atoms with Crippen LogP contribution in [0.3, 0.4) is 0 Å². The highest BCUT2D eigenvalue weighted by atomic mass is 79.9. The standard InChI is InChI=1S/C32H34BrClN6O2/c1-21(2)23-7-9-25(10-8-23)40-30(37-31(41)26-5-3-4-6-27(26)34)28(33)29(38-40)32(42)36-18-11-22-14-19-39(20-15-22)24-12-16-35-17-13-24/h3-10,12-13,16-17,21-22H,11,14-15,18-20H2,1-2H3,(H,36,42)(H,37,41). The lowest BCUT2D eigenvalue weighted by molar-refractivity contribution is 0.0943. The van der Waals surface area contributed by atoms with Crippen molar-refractivity contribution in [2.75, 3.05) is 29.9 Å². The number of piperidine rings is 1. The first-order valence-corrected chi connectivity index (χ1v) is 15.4. The monoisotopic (exact) mass is 648 g/mol. The average molecular weight is 650 g/mol. The van der Waals surface area contributed by atoms with Gasteiger partial charge in [0.2, 0.25) is 0 Å². The number of carbonyl (C=O) groups excluding carboxylic acids is 2. The summed E-state index contributed by atoms with van der Waals surface area (Å²) in [5.74, 6) is 0.556. The Labute approximate surface area is 259 Å². The van der Waals surface area contributed by atoms with Gasteiger partial charge in [-0.3, -0.25) is 14.6 Å². The van der Waals surface area contributed by atoms with Gasteiger partial charge < -0.3 is 15.5 Å². The zero-order valence-electron chi connectivity index (χ0n) is 23.7. The van der Waals surface area contributed by atoms with Crippen LogP contribution in [0.1, 0.15) is 65.4 Å². The van der Waals surface area contributed by atoms with E-state index in [0.717, 1.165) is 38.0 Å². The summed E-state index contributed by atoms with van der Waals surface area (Å²) in [6.07, 6.45) is 6.68. The third-order valence-corrected chi connectivity index (χ3v) is 8.76. The molecule has 2 N–H and O–H groups in total. The van der Waals surface area contributed by atoms with Crippen LogP contribution in [0.5, 0.6) is 0 Å². The molecule has 0 spiro atoms. The Hall–Kier alpha value is -3.69. The molecule has 5 rings (SSSR count). The van der Waals surface area contributed by atoms with E-state index in [0.29, 0.717) is 39.3 Å². The summed E-state index contributed by atoms with van der Waals surface area (Å²) in [5, 5.41) is 10.9. The maximum atomic E-state index is 13.3. The zero-order valence-corrected chi connectivity index (χ0v) is 26.0. The van der Waals surface area contributed by atoms with Crippen molar-refractivity contribution in [3.05, 3.63) is 99.4 Å². The molecule has 2 aromatic heterocycles. The lowest BCUT2D eigenvalue weighted by Crippen LogP contribution is -2.35. The van der Waals surface area contributed by atoms with Crippen LogP contribution in [0.15, 0.2) is 77.5 Å². The summed E-state index contributed by atoms with van der Waals surface area (Å²) >= 11 is 9.83. The van der Waals surface area contributed by atoms with Crippen molar-refractivity contribution in [3.63, 3.8) is 0 Å². The molecule has 1 saturated heterocycles. The molecule has 2 amide bonds. The lowest BCUT2D eigenvalue weighted by Gasteiger charge is -2.33. The third kappa shape index (κ3) is 6.85. The van der Waals surface area contributed by atoms with Crippen LogP contribution in [-0.4, -0.2) is 46.2 Å². The van der Waals surface area contributed by atoms with Gasteiger partial charge in [0.25, 0.3) is 11.8 Å². The van der Waals surface area contributed by atoms with Crippen LogP contribution in [-0.2, 0) is 0 Å². The number of aromatic nitrogens is 3. The van der Waals surface area contributed by atoms with Crippen molar-refractivity contribution in [1.29, 1.82) is 0 Å². The Kier molecular flexibility index (Phi) is 9.59. The Bertz CT molecular complexity index is 1530. The predicted molar refractivity (Wildman–Crippen MR) is 171 cm³/mol. The van der Waals surface area contributed by atoms with E-state index in [9.17, 15) is 9.59 Å². The zero-order chi connectivity index (χ0) is 29.6. The fraction of sp³-hybridized carbons (Fsp3) is 0.312.